The average molecular weight is 309 g/mol. The number of rotatable bonds is 6. The van der Waals surface area contributed by atoms with Gasteiger partial charge in [-0.2, -0.15) is 0 Å². The largest absolute Gasteiger partial charge is 0.343 e. The van der Waals surface area contributed by atoms with Crippen LogP contribution in [-0.4, -0.2) is 30.4 Å². The van der Waals surface area contributed by atoms with Crippen LogP contribution in [0, 0.1) is 5.41 Å². The summed E-state index contributed by atoms with van der Waals surface area (Å²) in [5, 5.41) is 0.704. The normalized spacial score (nSPS) is 17.9. The summed E-state index contributed by atoms with van der Waals surface area (Å²) >= 11 is 6.12. The highest BCUT2D eigenvalue weighted by Crippen LogP contribution is 2.52. The number of benzene rings is 1. The number of hydrogen-bond donors (Lipinski definition) is 1. The highest BCUT2D eigenvalue weighted by Gasteiger charge is 2.51. The average Bonchev–Trinajstić information content (AvgIpc) is 2.43. The van der Waals surface area contributed by atoms with E-state index in [1.807, 2.05) is 43.0 Å². The molecule has 1 saturated carbocycles. The molecule has 1 atom stereocenters. The summed E-state index contributed by atoms with van der Waals surface area (Å²) in [6, 6.07) is 7.79. The van der Waals surface area contributed by atoms with Crippen LogP contribution in [0.1, 0.15) is 44.6 Å². The first-order valence-electron chi connectivity index (χ1n) is 7.84. The van der Waals surface area contributed by atoms with Crippen molar-refractivity contribution in [3.63, 3.8) is 0 Å². The Balaban J connectivity index is 2.35. The van der Waals surface area contributed by atoms with Crippen molar-refractivity contribution in [3.8, 4) is 0 Å². The van der Waals surface area contributed by atoms with E-state index in [4.69, 9.17) is 17.3 Å². The maximum absolute atomic E-state index is 13.0. The molecule has 1 aliphatic rings. The van der Waals surface area contributed by atoms with Crippen LogP contribution >= 0.6 is 11.6 Å². The smallest absolute Gasteiger partial charge is 0.229 e. The lowest BCUT2D eigenvalue weighted by Gasteiger charge is -2.48. The van der Waals surface area contributed by atoms with Crippen LogP contribution in [0.25, 0.3) is 0 Å². The van der Waals surface area contributed by atoms with Gasteiger partial charge in [0.25, 0.3) is 0 Å². The van der Waals surface area contributed by atoms with Crippen molar-refractivity contribution < 1.29 is 4.79 Å². The number of carbonyl (C=O) groups excluding carboxylic acids is 1. The Morgan fingerprint density at radius 3 is 2.48 bits per heavy atom. The Labute approximate surface area is 132 Å². The predicted octanol–water partition coefficient (Wildman–Crippen LogP) is 3.42. The van der Waals surface area contributed by atoms with Gasteiger partial charge in [-0.3, -0.25) is 4.79 Å². The highest BCUT2D eigenvalue weighted by molar-refractivity contribution is 6.30. The second kappa shape index (κ2) is 6.80. The molecule has 21 heavy (non-hydrogen) atoms. The molecule has 1 amide bonds. The van der Waals surface area contributed by atoms with Gasteiger partial charge in [0.05, 0.1) is 5.41 Å². The lowest BCUT2D eigenvalue weighted by Crippen LogP contribution is -2.52. The van der Waals surface area contributed by atoms with Crippen LogP contribution in [0.4, 0.5) is 0 Å². The van der Waals surface area contributed by atoms with E-state index in [1.54, 1.807) is 0 Å². The lowest BCUT2D eigenvalue weighted by atomic mass is 9.58. The SMILES string of the molecule is CCN(CC)C(=O)C1(C(CN)c2cccc(Cl)c2)CCC1. The Hall–Kier alpha value is -1.06. The predicted molar refractivity (Wildman–Crippen MR) is 87.5 cm³/mol. The third kappa shape index (κ3) is 2.95. The van der Waals surface area contributed by atoms with E-state index in [1.165, 1.54) is 0 Å². The topological polar surface area (TPSA) is 46.3 Å². The molecule has 2 N–H and O–H groups in total. The maximum atomic E-state index is 13.0. The molecule has 0 bridgehead atoms. The molecule has 0 radical (unpaired) electrons. The van der Waals surface area contributed by atoms with Crippen LogP contribution in [0.15, 0.2) is 24.3 Å². The van der Waals surface area contributed by atoms with E-state index in [2.05, 4.69) is 0 Å². The minimum atomic E-state index is -0.328. The minimum Gasteiger partial charge on any atom is -0.343 e. The molecule has 2 rings (SSSR count). The van der Waals surface area contributed by atoms with E-state index in [0.29, 0.717) is 11.6 Å². The fourth-order valence-electron chi connectivity index (χ4n) is 3.50. The molecule has 4 heteroatoms. The number of hydrogen-bond acceptors (Lipinski definition) is 2. The monoisotopic (exact) mass is 308 g/mol. The first-order valence-corrected chi connectivity index (χ1v) is 8.21. The fraction of sp³-hybridized carbons (Fsp3) is 0.588. The summed E-state index contributed by atoms with van der Waals surface area (Å²) in [5.74, 6) is 0.312. The molecule has 1 aromatic rings. The zero-order valence-electron chi connectivity index (χ0n) is 12.9. The quantitative estimate of drug-likeness (QED) is 0.875. The van der Waals surface area contributed by atoms with E-state index in [9.17, 15) is 4.79 Å². The molecular weight excluding hydrogens is 284 g/mol. The summed E-state index contributed by atoms with van der Waals surface area (Å²) in [6.07, 6.45) is 2.96. The Morgan fingerprint density at radius 1 is 1.38 bits per heavy atom. The van der Waals surface area contributed by atoms with E-state index < -0.39 is 0 Å². The van der Waals surface area contributed by atoms with Gasteiger partial charge in [-0.05, 0) is 44.4 Å². The first kappa shape index (κ1) is 16.3. The van der Waals surface area contributed by atoms with Crippen molar-refractivity contribution in [2.24, 2.45) is 11.1 Å². The Morgan fingerprint density at radius 2 is 2.05 bits per heavy atom. The van der Waals surface area contributed by atoms with Gasteiger partial charge in [0, 0.05) is 30.6 Å². The van der Waals surface area contributed by atoms with Crippen molar-refractivity contribution in [1.82, 2.24) is 4.90 Å². The fourth-order valence-corrected chi connectivity index (χ4v) is 3.70. The van der Waals surface area contributed by atoms with Crippen molar-refractivity contribution in [1.29, 1.82) is 0 Å². The van der Waals surface area contributed by atoms with Crippen LogP contribution in [0.3, 0.4) is 0 Å². The lowest BCUT2D eigenvalue weighted by molar-refractivity contribution is -0.149. The molecule has 1 aromatic carbocycles. The molecule has 0 aromatic heterocycles. The van der Waals surface area contributed by atoms with Gasteiger partial charge in [0.2, 0.25) is 5.91 Å². The summed E-state index contributed by atoms with van der Waals surface area (Å²) in [5.41, 5.74) is 6.82. The Kier molecular flexibility index (Phi) is 5.28. The molecule has 1 aliphatic carbocycles. The van der Waals surface area contributed by atoms with Crippen molar-refractivity contribution in [2.75, 3.05) is 19.6 Å². The van der Waals surface area contributed by atoms with Crippen LogP contribution in [-0.2, 0) is 4.79 Å². The molecule has 3 nitrogen and oxygen atoms in total. The Bertz CT molecular complexity index is 495. The number of carbonyl (C=O) groups is 1. The summed E-state index contributed by atoms with van der Waals surface area (Å²) in [7, 11) is 0. The minimum absolute atomic E-state index is 0.0537. The van der Waals surface area contributed by atoms with E-state index in [0.717, 1.165) is 37.9 Å². The van der Waals surface area contributed by atoms with Gasteiger partial charge < -0.3 is 10.6 Å². The molecule has 1 fully saturated rings. The summed E-state index contributed by atoms with van der Waals surface area (Å²) < 4.78 is 0. The number of nitrogens with two attached hydrogens (primary N) is 1. The van der Waals surface area contributed by atoms with E-state index >= 15 is 0 Å². The highest BCUT2D eigenvalue weighted by atomic mass is 35.5. The second-order valence-electron chi connectivity index (χ2n) is 5.83. The molecule has 0 spiro atoms. The summed E-state index contributed by atoms with van der Waals surface area (Å²) in [4.78, 5) is 14.9. The second-order valence-corrected chi connectivity index (χ2v) is 6.27. The third-order valence-electron chi connectivity index (χ3n) is 4.88. The standard InChI is InChI=1S/C17H25ClN2O/c1-3-20(4-2)16(21)17(9-6-10-17)15(12-19)13-7-5-8-14(18)11-13/h5,7-8,11,15H,3-4,6,9-10,12,19H2,1-2H3. The number of halogens is 1. The molecule has 116 valence electrons. The van der Waals surface area contributed by atoms with Gasteiger partial charge >= 0.3 is 0 Å². The van der Waals surface area contributed by atoms with E-state index in [-0.39, 0.29) is 17.2 Å². The van der Waals surface area contributed by atoms with Crippen LogP contribution < -0.4 is 5.73 Å². The molecule has 0 aliphatic heterocycles. The molecule has 1 unspecified atom stereocenters. The molecular formula is C17H25ClN2O. The maximum Gasteiger partial charge on any atom is 0.229 e. The zero-order valence-corrected chi connectivity index (χ0v) is 13.7. The van der Waals surface area contributed by atoms with Crippen LogP contribution in [0.5, 0.6) is 0 Å². The van der Waals surface area contributed by atoms with Gasteiger partial charge in [-0.15, -0.1) is 0 Å². The van der Waals surface area contributed by atoms with Gasteiger partial charge in [0.15, 0.2) is 0 Å². The summed E-state index contributed by atoms with van der Waals surface area (Å²) in [6.45, 7) is 6.05. The van der Waals surface area contributed by atoms with Crippen molar-refractivity contribution >= 4 is 17.5 Å². The first-order chi connectivity index (χ1) is 10.1. The molecule has 0 heterocycles. The van der Waals surface area contributed by atoms with Crippen LogP contribution in [0.2, 0.25) is 5.02 Å². The molecule has 0 saturated heterocycles. The zero-order chi connectivity index (χ0) is 15.5. The van der Waals surface area contributed by atoms with Gasteiger partial charge in [0.1, 0.15) is 0 Å². The van der Waals surface area contributed by atoms with Gasteiger partial charge in [-0.1, -0.05) is 30.2 Å². The van der Waals surface area contributed by atoms with Gasteiger partial charge in [-0.25, -0.2) is 0 Å². The van der Waals surface area contributed by atoms with Crippen molar-refractivity contribution in [2.45, 2.75) is 39.0 Å². The third-order valence-corrected chi connectivity index (χ3v) is 5.11. The van der Waals surface area contributed by atoms with Crippen molar-refractivity contribution in [3.05, 3.63) is 34.9 Å². The number of nitrogens with zero attached hydrogens (tertiary/aromatic N) is 1. The number of amides is 1.